The minimum Gasteiger partial charge on any atom is -0.476 e. The van der Waals surface area contributed by atoms with Gasteiger partial charge < -0.3 is 15.0 Å². The molecular formula is C25H24ClN3O3. The summed E-state index contributed by atoms with van der Waals surface area (Å²) in [6.45, 7) is 3.66. The van der Waals surface area contributed by atoms with Crippen LogP contribution in [0.25, 0.3) is 0 Å². The number of aromatic nitrogens is 1. The Bertz CT molecular complexity index is 1130. The molecule has 164 valence electrons. The van der Waals surface area contributed by atoms with E-state index in [4.69, 9.17) is 16.3 Å². The van der Waals surface area contributed by atoms with E-state index in [0.29, 0.717) is 22.1 Å². The Morgan fingerprint density at radius 3 is 2.47 bits per heavy atom. The van der Waals surface area contributed by atoms with Gasteiger partial charge in [-0.05, 0) is 73.9 Å². The highest BCUT2D eigenvalue weighted by Gasteiger charge is 2.40. The van der Waals surface area contributed by atoms with Crippen LogP contribution in [0.1, 0.15) is 31.4 Å². The van der Waals surface area contributed by atoms with Gasteiger partial charge in [0.05, 0.1) is 5.69 Å². The molecule has 0 bridgehead atoms. The van der Waals surface area contributed by atoms with Crippen LogP contribution in [0, 0.1) is 0 Å². The van der Waals surface area contributed by atoms with Gasteiger partial charge in [-0.2, -0.15) is 0 Å². The highest BCUT2D eigenvalue weighted by molar-refractivity contribution is 6.31. The minimum atomic E-state index is -1.01. The SMILES string of the molecule is CC1(C)Oc2ccc(Cl)cc2N(CCC(=O)Nc2ccc(Cc3ccncc3)cc2)C1=O. The van der Waals surface area contributed by atoms with Crippen molar-refractivity contribution in [1.82, 2.24) is 4.98 Å². The Morgan fingerprint density at radius 1 is 1.06 bits per heavy atom. The first kappa shape index (κ1) is 21.8. The van der Waals surface area contributed by atoms with Gasteiger partial charge in [-0.25, -0.2) is 0 Å². The number of nitrogens with zero attached hydrogens (tertiary/aromatic N) is 2. The molecule has 32 heavy (non-hydrogen) atoms. The molecule has 1 N–H and O–H groups in total. The predicted molar refractivity (Wildman–Crippen MR) is 125 cm³/mol. The number of anilines is 2. The second-order valence-corrected chi connectivity index (χ2v) is 8.64. The molecule has 1 aliphatic rings. The number of carbonyl (C=O) groups excluding carboxylic acids is 2. The molecule has 0 saturated carbocycles. The van der Waals surface area contributed by atoms with Gasteiger partial charge in [0.1, 0.15) is 5.75 Å². The summed E-state index contributed by atoms with van der Waals surface area (Å²) in [4.78, 5) is 31.1. The van der Waals surface area contributed by atoms with E-state index in [9.17, 15) is 9.59 Å². The highest BCUT2D eigenvalue weighted by Crippen LogP contribution is 2.39. The van der Waals surface area contributed by atoms with Crippen molar-refractivity contribution in [3.8, 4) is 5.75 Å². The van der Waals surface area contributed by atoms with Crippen LogP contribution in [-0.4, -0.2) is 28.9 Å². The third kappa shape index (κ3) is 4.92. The van der Waals surface area contributed by atoms with Crippen LogP contribution in [0.4, 0.5) is 11.4 Å². The second-order valence-electron chi connectivity index (χ2n) is 8.21. The summed E-state index contributed by atoms with van der Waals surface area (Å²) in [6.07, 6.45) is 4.49. The zero-order valence-corrected chi connectivity index (χ0v) is 18.7. The normalized spacial score (nSPS) is 14.5. The molecule has 6 nitrogen and oxygen atoms in total. The van der Waals surface area contributed by atoms with Crippen LogP contribution in [-0.2, 0) is 16.0 Å². The minimum absolute atomic E-state index is 0.145. The zero-order valence-electron chi connectivity index (χ0n) is 18.0. The van der Waals surface area contributed by atoms with E-state index in [1.165, 1.54) is 5.56 Å². The summed E-state index contributed by atoms with van der Waals surface area (Å²) in [5, 5.41) is 3.40. The number of hydrogen-bond donors (Lipinski definition) is 1. The molecule has 3 aromatic rings. The fourth-order valence-electron chi connectivity index (χ4n) is 3.64. The maximum atomic E-state index is 12.9. The highest BCUT2D eigenvalue weighted by atomic mass is 35.5. The van der Waals surface area contributed by atoms with Gasteiger partial charge in [-0.1, -0.05) is 23.7 Å². The quantitative estimate of drug-likeness (QED) is 0.583. The lowest BCUT2D eigenvalue weighted by atomic mass is 10.0. The van der Waals surface area contributed by atoms with Crippen LogP contribution in [0.15, 0.2) is 67.0 Å². The van der Waals surface area contributed by atoms with Crippen molar-refractivity contribution in [2.45, 2.75) is 32.3 Å². The first-order chi connectivity index (χ1) is 15.3. The molecule has 0 saturated heterocycles. The number of pyridine rings is 1. The summed E-state index contributed by atoms with van der Waals surface area (Å²) < 4.78 is 5.82. The van der Waals surface area contributed by atoms with Crippen molar-refractivity contribution in [2.75, 3.05) is 16.8 Å². The largest absolute Gasteiger partial charge is 0.476 e. The van der Waals surface area contributed by atoms with Gasteiger partial charge in [-0.3, -0.25) is 14.6 Å². The van der Waals surface area contributed by atoms with E-state index >= 15 is 0 Å². The van der Waals surface area contributed by atoms with Crippen molar-refractivity contribution in [3.05, 3.63) is 83.1 Å². The molecule has 1 aliphatic heterocycles. The lowest BCUT2D eigenvalue weighted by molar-refractivity contribution is -0.132. The van der Waals surface area contributed by atoms with Crippen molar-refractivity contribution in [2.24, 2.45) is 0 Å². The van der Waals surface area contributed by atoms with E-state index in [1.54, 1.807) is 49.3 Å². The third-order valence-corrected chi connectivity index (χ3v) is 5.53. The van der Waals surface area contributed by atoms with E-state index in [1.807, 2.05) is 36.4 Å². The number of ether oxygens (including phenoxy) is 1. The average molecular weight is 450 g/mol. The molecule has 2 aromatic carbocycles. The summed E-state index contributed by atoms with van der Waals surface area (Å²) in [5.41, 5.74) is 2.60. The van der Waals surface area contributed by atoms with E-state index in [2.05, 4.69) is 10.3 Å². The molecule has 0 radical (unpaired) electrons. The topological polar surface area (TPSA) is 71.5 Å². The molecule has 7 heteroatoms. The van der Waals surface area contributed by atoms with Gasteiger partial charge in [0.25, 0.3) is 5.91 Å². The summed E-state index contributed by atoms with van der Waals surface area (Å²) in [5.74, 6) is 0.192. The fraction of sp³-hybridized carbons (Fsp3) is 0.240. The maximum absolute atomic E-state index is 12.9. The molecule has 0 spiro atoms. The lowest BCUT2D eigenvalue weighted by Crippen LogP contribution is -2.53. The Kier molecular flexibility index (Phi) is 6.15. The summed E-state index contributed by atoms with van der Waals surface area (Å²) in [6, 6.07) is 16.8. The van der Waals surface area contributed by atoms with E-state index in [-0.39, 0.29) is 24.8 Å². The Morgan fingerprint density at radius 2 is 1.75 bits per heavy atom. The molecule has 0 fully saturated rings. The number of carbonyl (C=O) groups is 2. The van der Waals surface area contributed by atoms with Gasteiger partial charge >= 0.3 is 0 Å². The third-order valence-electron chi connectivity index (χ3n) is 5.29. The predicted octanol–water partition coefficient (Wildman–Crippen LogP) is 4.86. The zero-order chi connectivity index (χ0) is 22.7. The van der Waals surface area contributed by atoms with Gasteiger partial charge in [0, 0.05) is 36.1 Å². The number of nitrogens with one attached hydrogen (secondary N) is 1. The molecule has 4 rings (SSSR count). The Balaban J connectivity index is 1.38. The number of halogens is 1. The van der Waals surface area contributed by atoms with Crippen molar-refractivity contribution >= 4 is 34.8 Å². The van der Waals surface area contributed by atoms with Crippen molar-refractivity contribution in [1.29, 1.82) is 0 Å². The average Bonchev–Trinajstić information content (AvgIpc) is 2.77. The van der Waals surface area contributed by atoms with Crippen LogP contribution >= 0.6 is 11.6 Å². The van der Waals surface area contributed by atoms with Gasteiger partial charge in [-0.15, -0.1) is 0 Å². The van der Waals surface area contributed by atoms with Crippen molar-refractivity contribution in [3.63, 3.8) is 0 Å². The van der Waals surface area contributed by atoms with E-state index < -0.39 is 5.60 Å². The monoisotopic (exact) mass is 449 g/mol. The van der Waals surface area contributed by atoms with Crippen LogP contribution < -0.4 is 15.0 Å². The second kappa shape index (κ2) is 9.01. The molecule has 2 heterocycles. The molecular weight excluding hydrogens is 426 g/mol. The Labute approximate surface area is 192 Å². The van der Waals surface area contributed by atoms with Crippen LogP contribution in [0.3, 0.4) is 0 Å². The standard InChI is InChI=1S/C25H24ClN3O3/c1-25(2)24(31)29(21-16-19(26)5-8-22(21)32-25)14-11-23(30)28-20-6-3-17(4-7-20)15-18-9-12-27-13-10-18/h3-10,12-13,16H,11,14-15H2,1-2H3,(H,28,30). The first-order valence-corrected chi connectivity index (χ1v) is 10.8. The molecule has 1 aromatic heterocycles. The molecule has 0 atom stereocenters. The maximum Gasteiger partial charge on any atom is 0.270 e. The summed E-state index contributed by atoms with van der Waals surface area (Å²) in [7, 11) is 0. The number of hydrogen-bond acceptors (Lipinski definition) is 4. The van der Waals surface area contributed by atoms with Crippen LogP contribution in [0.2, 0.25) is 5.02 Å². The number of amides is 2. The summed E-state index contributed by atoms with van der Waals surface area (Å²) >= 11 is 6.12. The van der Waals surface area contributed by atoms with Crippen LogP contribution in [0.5, 0.6) is 5.75 Å². The van der Waals surface area contributed by atoms with Gasteiger partial charge in [0.15, 0.2) is 5.60 Å². The molecule has 0 unspecified atom stereocenters. The first-order valence-electron chi connectivity index (χ1n) is 10.4. The smallest absolute Gasteiger partial charge is 0.270 e. The number of benzene rings is 2. The molecule has 2 amide bonds. The molecule has 0 aliphatic carbocycles. The Hall–Kier alpha value is -3.38. The number of fused-ring (bicyclic) bond motifs is 1. The number of rotatable bonds is 6. The fourth-order valence-corrected chi connectivity index (χ4v) is 3.81. The lowest BCUT2D eigenvalue weighted by Gasteiger charge is -2.38. The van der Waals surface area contributed by atoms with Crippen molar-refractivity contribution < 1.29 is 14.3 Å². The van der Waals surface area contributed by atoms with E-state index in [0.717, 1.165) is 12.0 Å². The van der Waals surface area contributed by atoms with Gasteiger partial charge in [0.2, 0.25) is 5.91 Å².